The summed E-state index contributed by atoms with van der Waals surface area (Å²) in [5.74, 6) is -1.48. The van der Waals surface area contributed by atoms with E-state index in [1.165, 1.54) is 24.3 Å². The molecule has 0 bridgehead atoms. The van der Waals surface area contributed by atoms with Gasteiger partial charge in [0.25, 0.3) is 0 Å². The van der Waals surface area contributed by atoms with Gasteiger partial charge >= 0.3 is 12.3 Å². The Hall–Kier alpha value is -2.00. The minimum absolute atomic E-state index is 0. The molecule has 0 atom stereocenters. The molecule has 0 unspecified atom stereocenters. The second-order valence-corrected chi connectivity index (χ2v) is 5.17. The van der Waals surface area contributed by atoms with Crippen LogP contribution < -0.4 is 10.1 Å². The SMILES string of the molecule is CN(CCC(=O)O)CC(=O)NCCc1ccc(OC(F)(F)F)cc1.Cl. The Morgan fingerprint density at radius 2 is 1.84 bits per heavy atom. The van der Waals surface area contributed by atoms with Crippen molar-refractivity contribution in [1.29, 1.82) is 0 Å². The number of amides is 1. The average molecular weight is 385 g/mol. The molecule has 1 aromatic rings. The summed E-state index contributed by atoms with van der Waals surface area (Å²) in [7, 11) is 1.64. The van der Waals surface area contributed by atoms with Crippen molar-refractivity contribution in [3.8, 4) is 5.75 Å². The Morgan fingerprint density at radius 1 is 1.24 bits per heavy atom. The standard InChI is InChI=1S/C15H19F3N2O4.ClH/c1-20(9-7-14(22)23)10-13(21)19-8-6-11-2-4-12(5-3-11)24-15(16,17)18;/h2-5H,6-10H2,1H3,(H,19,21)(H,22,23);1H. The van der Waals surface area contributed by atoms with Crippen molar-refractivity contribution < 1.29 is 32.6 Å². The van der Waals surface area contributed by atoms with Crippen molar-refractivity contribution >= 4 is 24.3 Å². The number of rotatable bonds is 9. The molecule has 2 N–H and O–H groups in total. The van der Waals surface area contributed by atoms with E-state index in [2.05, 4.69) is 10.1 Å². The Bertz CT molecular complexity index is 553. The number of halogens is 4. The van der Waals surface area contributed by atoms with Crippen molar-refractivity contribution in [2.75, 3.05) is 26.7 Å². The number of ether oxygens (including phenoxy) is 1. The van der Waals surface area contributed by atoms with Crippen molar-refractivity contribution in [1.82, 2.24) is 10.2 Å². The number of hydrogen-bond donors (Lipinski definition) is 2. The molecule has 25 heavy (non-hydrogen) atoms. The second-order valence-electron chi connectivity index (χ2n) is 5.17. The molecule has 0 saturated heterocycles. The number of carbonyl (C=O) groups is 2. The van der Waals surface area contributed by atoms with Gasteiger partial charge in [-0.15, -0.1) is 25.6 Å². The van der Waals surface area contributed by atoms with Gasteiger partial charge < -0.3 is 15.2 Å². The maximum absolute atomic E-state index is 12.0. The van der Waals surface area contributed by atoms with Crippen LogP contribution in [-0.2, 0) is 16.0 Å². The largest absolute Gasteiger partial charge is 0.573 e. The normalized spacial score (nSPS) is 10.9. The summed E-state index contributed by atoms with van der Waals surface area (Å²) >= 11 is 0. The molecular formula is C15H20ClF3N2O4. The van der Waals surface area contributed by atoms with Crippen LogP contribution in [-0.4, -0.2) is 54.9 Å². The molecule has 6 nitrogen and oxygen atoms in total. The fraction of sp³-hybridized carbons (Fsp3) is 0.467. The van der Waals surface area contributed by atoms with Gasteiger partial charge in [-0.1, -0.05) is 12.1 Å². The van der Waals surface area contributed by atoms with Gasteiger partial charge in [0.2, 0.25) is 5.91 Å². The quantitative estimate of drug-likeness (QED) is 0.681. The zero-order chi connectivity index (χ0) is 18.2. The van der Waals surface area contributed by atoms with Gasteiger partial charge in [0.1, 0.15) is 5.75 Å². The summed E-state index contributed by atoms with van der Waals surface area (Å²) in [6.45, 7) is 0.667. The highest BCUT2D eigenvalue weighted by atomic mass is 35.5. The number of nitrogens with one attached hydrogen (secondary N) is 1. The highest BCUT2D eigenvalue weighted by Gasteiger charge is 2.30. The molecule has 0 aliphatic carbocycles. The van der Waals surface area contributed by atoms with Crippen molar-refractivity contribution in [3.63, 3.8) is 0 Å². The number of aliphatic carboxylic acids is 1. The Kier molecular flexibility index (Phi) is 9.92. The zero-order valence-corrected chi connectivity index (χ0v) is 14.3. The first-order valence-electron chi connectivity index (χ1n) is 7.17. The lowest BCUT2D eigenvalue weighted by molar-refractivity contribution is -0.274. The lowest BCUT2D eigenvalue weighted by Gasteiger charge is -2.15. The Morgan fingerprint density at radius 3 is 2.36 bits per heavy atom. The molecular weight excluding hydrogens is 365 g/mol. The number of carboxylic acids is 1. The van der Waals surface area contributed by atoms with E-state index in [9.17, 15) is 22.8 Å². The van der Waals surface area contributed by atoms with Crippen LogP contribution in [0.25, 0.3) is 0 Å². The predicted molar refractivity (Wildman–Crippen MR) is 86.8 cm³/mol. The number of carboxylic acid groups (broad SMARTS) is 1. The third-order valence-corrected chi connectivity index (χ3v) is 3.01. The van der Waals surface area contributed by atoms with E-state index >= 15 is 0 Å². The third kappa shape index (κ3) is 11.2. The Labute approximate surface area is 149 Å². The highest BCUT2D eigenvalue weighted by molar-refractivity contribution is 5.85. The molecule has 1 aromatic carbocycles. The first-order valence-corrected chi connectivity index (χ1v) is 7.17. The number of alkyl halides is 3. The molecule has 0 aliphatic rings. The molecule has 10 heteroatoms. The van der Waals surface area contributed by atoms with Crippen LogP contribution in [0.1, 0.15) is 12.0 Å². The molecule has 0 fully saturated rings. The molecule has 142 valence electrons. The maximum atomic E-state index is 12.0. The van der Waals surface area contributed by atoms with Gasteiger partial charge in [0.05, 0.1) is 13.0 Å². The monoisotopic (exact) mass is 384 g/mol. The average Bonchev–Trinajstić information content (AvgIpc) is 2.45. The number of likely N-dealkylation sites (N-methyl/N-ethyl adjacent to an activating group) is 1. The fourth-order valence-electron chi connectivity index (χ4n) is 1.87. The van der Waals surface area contributed by atoms with Gasteiger partial charge in [0, 0.05) is 13.1 Å². The Balaban J connectivity index is 0.00000576. The lowest BCUT2D eigenvalue weighted by atomic mass is 10.1. The molecule has 0 radical (unpaired) electrons. The molecule has 0 aliphatic heterocycles. The van der Waals surface area contributed by atoms with E-state index in [1.54, 1.807) is 11.9 Å². The van der Waals surface area contributed by atoms with E-state index in [-0.39, 0.29) is 43.6 Å². The van der Waals surface area contributed by atoms with Crippen LogP contribution in [0.3, 0.4) is 0 Å². The van der Waals surface area contributed by atoms with E-state index in [4.69, 9.17) is 5.11 Å². The molecule has 0 heterocycles. The van der Waals surface area contributed by atoms with Gasteiger partial charge in [-0.3, -0.25) is 14.5 Å². The predicted octanol–water partition coefficient (Wildman–Crippen LogP) is 2.07. The summed E-state index contributed by atoms with van der Waals surface area (Å²) in [5.41, 5.74) is 0.754. The van der Waals surface area contributed by atoms with Crippen LogP contribution in [0.15, 0.2) is 24.3 Å². The van der Waals surface area contributed by atoms with Crippen LogP contribution in [0, 0.1) is 0 Å². The molecule has 0 aromatic heterocycles. The second kappa shape index (κ2) is 10.8. The van der Waals surface area contributed by atoms with E-state index in [0.29, 0.717) is 13.0 Å². The van der Waals surface area contributed by atoms with Gasteiger partial charge in [-0.2, -0.15) is 0 Å². The fourth-order valence-corrected chi connectivity index (χ4v) is 1.87. The minimum atomic E-state index is -4.72. The first kappa shape index (κ1) is 23.0. The first-order chi connectivity index (χ1) is 11.2. The third-order valence-electron chi connectivity index (χ3n) is 3.01. The number of nitrogens with zero attached hydrogens (tertiary/aromatic N) is 1. The topological polar surface area (TPSA) is 78.9 Å². The summed E-state index contributed by atoms with van der Waals surface area (Å²) in [6, 6.07) is 5.41. The van der Waals surface area contributed by atoms with Crippen LogP contribution >= 0.6 is 12.4 Å². The number of carbonyl (C=O) groups excluding carboxylic acids is 1. The summed E-state index contributed by atoms with van der Waals surface area (Å²) in [4.78, 5) is 23.7. The summed E-state index contributed by atoms with van der Waals surface area (Å²) < 4.78 is 39.9. The van der Waals surface area contributed by atoms with Gasteiger partial charge in [-0.05, 0) is 31.2 Å². The number of hydrogen-bond acceptors (Lipinski definition) is 4. The number of benzene rings is 1. The molecule has 1 amide bonds. The van der Waals surface area contributed by atoms with E-state index in [0.717, 1.165) is 5.56 Å². The van der Waals surface area contributed by atoms with Crippen molar-refractivity contribution in [2.45, 2.75) is 19.2 Å². The molecule has 0 saturated carbocycles. The molecule has 0 spiro atoms. The van der Waals surface area contributed by atoms with E-state index < -0.39 is 12.3 Å². The van der Waals surface area contributed by atoms with Crippen molar-refractivity contribution in [3.05, 3.63) is 29.8 Å². The lowest BCUT2D eigenvalue weighted by Crippen LogP contribution is -2.36. The van der Waals surface area contributed by atoms with Gasteiger partial charge in [-0.25, -0.2) is 0 Å². The summed E-state index contributed by atoms with van der Waals surface area (Å²) in [6.07, 6.45) is -4.31. The maximum Gasteiger partial charge on any atom is 0.573 e. The van der Waals surface area contributed by atoms with Gasteiger partial charge in [0.15, 0.2) is 0 Å². The van der Waals surface area contributed by atoms with Crippen LogP contribution in [0.4, 0.5) is 13.2 Å². The highest BCUT2D eigenvalue weighted by Crippen LogP contribution is 2.22. The van der Waals surface area contributed by atoms with Crippen molar-refractivity contribution in [2.24, 2.45) is 0 Å². The van der Waals surface area contributed by atoms with Crippen LogP contribution in [0.5, 0.6) is 5.75 Å². The minimum Gasteiger partial charge on any atom is -0.481 e. The smallest absolute Gasteiger partial charge is 0.481 e. The molecule has 1 rings (SSSR count). The van der Waals surface area contributed by atoms with Crippen LogP contribution in [0.2, 0.25) is 0 Å². The summed E-state index contributed by atoms with van der Waals surface area (Å²) in [5, 5.41) is 11.2. The zero-order valence-electron chi connectivity index (χ0n) is 13.5. The van der Waals surface area contributed by atoms with E-state index in [1.807, 2.05) is 0 Å².